The summed E-state index contributed by atoms with van der Waals surface area (Å²) in [6, 6.07) is 17.6. The zero-order chi connectivity index (χ0) is 18.0. The number of nitro benzene ring substituents is 1. The van der Waals surface area contributed by atoms with Crippen LogP contribution in [0, 0.1) is 17.0 Å². The van der Waals surface area contributed by atoms with Crippen LogP contribution in [0.25, 0.3) is 0 Å². The van der Waals surface area contributed by atoms with Crippen molar-refractivity contribution in [3.05, 3.63) is 98.9 Å². The number of hydrogen-bond acceptors (Lipinski definition) is 3. The molecule has 126 valence electrons. The van der Waals surface area contributed by atoms with Gasteiger partial charge in [-0.3, -0.25) is 14.9 Å². The zero-order valence-corrected chi connectivity index (χ0v) is 14.0. The standard InChI is InChI=1S/C20H18N2O3/c1-13-6-8-15(9-7-13)20(23)19-11-10-18(21-19)14(2)16-4-3-5-17(12-16)22(24)25/h3-12,14,21H,1-2H3. The second-order valence-electron chi connectivity index (χ2n) is 6.10. The van der Waals surface area contributed by atoms with Crippen LogP contribution in [0.4, 0.5) is 5.69 Å². The highest BCUT2D eigenvalue weighted by atomic mass is 16.6. The second-order valence-corrected chi connectivity index (χ2v) is 6.10. The number of carbonyl (C=O) groups excluding carboxylic acids is 1. The Hall–Kier alpha value is -3.21. The Morgan fingerprint density at radius 2 is 1.80 bits per heavy atom. The third-order valence-electron chi connectivity index (χ3n) is 4.31. The van der Waals surface area contributed by atoms with Gasteiger partial charge in [-0.1, -0.05) is 48.9 Å². The molecule has 0 aliphatic heterocycles. The maximum atomic E-state index is 12.6. The summed E-state index contributed by atoms with van der Waals surface area (Å²) in [4.78, 5) is 26.2. The molecule has 1 atom stereocenters. The van der Waals surface area contributed by atoms with E-state index in [-0.39, 0.29) is 17.4 Å². The minimum absolute atomic E-state index is 0.0619. The second kappa shape index (κ2) is 6.73. The quantitative estimate of drug-likeness (QED) is 0.420. The summed E-state index contributed by atoms with van der Waals surface area (Å²) < 4.78 is 0. The number of aryl methyl sites for hydroxylation is 1. The number of benzene rings is 2. The van der Waals surface area contributed by atoms with Crippen LogP contribution in [0.2, 0.25) is 0 Å². The third-order valence-corrected chi connectivity index (χ3v) is 4.31. The first-order valence-electron chi connectivity index (χ1n) is 8.00. The molecular weight excluding hydrogens is 316 g/mol. The van der Waals surface area contributed by atoms with E-state index in [4.69, 9.17) is 0 Å². The summed E-state index contributed by atoms with van der Waals surface area (Å²) in [6.07, 6.45) is 0. The molecule has 0 amide bonds. The number of H-pyrrole nitrogens is 1. The van der Waals surface area contributed by atoms with Gasteiger partial charge >= 0.3 is 0 Å². The fourth-order valence-corrected chi connectivity index (χ4v) is 2.74. The molecule has 0 aliphatic carbocycles. The summed E-state index contributed by atoms with van der Waals surface area (Å²) in [7, 11) is 0. The number of ketones is 1. The maximum Gasteiger partial charge on any atom is 0.269 e. The van der Waals surface area contributed by atoms with Crippen LogP contribution < -0.4 is 0 Å². The van der Waals surface area contributed by atoms with Gasteiger partial charge in [0.1, 0.15) is 0 Å². The van der Waals surface area contributed by atoms with Crippen molar-refractivity contribution in [1.29, 1.82) is 0 Å². The number of non-ortho nitro benzene ring substituents is 1. The average Bonchev–Trinajstić information content (AvgIpc) is 3.11. The predicted molar refractivity (Wildman–Crippen MR) is 96.0 cm³/mol. The summed E-state index contributed by atoms with van der Waals surface area (Å²) in [6.45, 7) is 3.92. The Morgan fingerprint density at radius 3 is 2.48 bits per heavy atom. The number of nitro groups is 1. The number of aromatic amines is 1. The first-order chi connectivity index (χ1) is 12.0. The fourth-order valence-electron chi connectivity index (χ4n) is 2.74. The van der Waals surface area contributed by atoms with E-state index in [1.165, 1.54) is 6.07 Å². The third kappa shape index (κ3) is 3.50. The number of hydrogen-bond donors (Lipinski definition) is 1. The maximum absolute atomic E-state index is 12.6. The lowest BCUT2D eigenvalue weighted by molar-refractivity contribution is -0.384. The molecule has 0 aliphatic rings. The lowest BCUT2D eigenvalue weighted by Gasteiger charge is -2.10. The van der Waals surface area contributed by atoms with Crippen molar-refractivity contribution in [2.24, 2.45) is 0 Å². The van der Waals surface area contributed by atoms with E-state index >= 15 is 0 Å². The SMILES string of the molecule is Cc1ccc(C(=O)c2ccc(C(C)c3cccc([N+](=O)[O-])c3)[nH]2)cc1. The van der Waals surface area contributed by atoms with Crippen LogP contribution in [0.15, 0.2) is 60.7 Å². The molecule has 3 rings (SSSR count). The summed E-state index contributed by atoms with van der Waals surface area (Å²) >= 11 is 0. The zero-order valence-electron chi connectivity index (χ0n) is 14.0. The Bertz CT molecular complexity index is 926. The number of rotatable bonds is 5. The van der Waals surface area contributed by atoms with Crippen LogP contribution in [0.1, 0.15) is 45.7 Å². The average molecular weight is 334 g/mol. The van der Waals surface area contributed by atoms with E-state index in [1.807, 2.05) is 50.2 Å². The highest BCUT2D eigenvalue weighted by molar-refractivity contribution is 6.07. The molecule has 0 radical (unpaired) electrons. The van der Waals surface area contributed by atoms with Gasteiger partial charge in [0.15, 0.2) is 0 Å². The molecule has 0 fully saturated rings. The molecule has 1 unspecified atom stereocenters. The molecule has 0 saturated carbocycles. The van der Waals surface area contributed by atoms with Crippen molar-refractivity contribution >= 4 is 11.5 Å². The summed E-state index contributed by atoms with van der Waals surface area (Å²) in [5, 5.41) is 10.9. The normalized spacial score (nSPS) is 11.9. The highest BCUT2D eigenvalue weighted by Gasteiger charge is 2.17. The van der Waals surface area contributed by atoms with Gasteiger partial charge in [-0.05, 0) is 24.6 Å². The van der Waals surface area contributed by atoms with Crippen molar-refractivity contribution in [1.82, 2.24) is 4.98 Å². The molecular formula is C20H18N2O3. The Kier molecular flexibility index (Phi) is 4.48. The van der Waals surface area contributed by atoms with Crippen LogP contribution in [0.3, 0.4) is 0 Å². The number of carbonyl (C=O) groups is 1. The Balaban J connectivity index is 1.85. The Morgan fingerprint density at radius 1 is 1.08 bits per heavy atom. The van der Waals surface area contributed by atoms with Gasteiger partial charge in [0.2, 0.25) is 5.78 Å². The molecule has 5 heteroatoms. The topological polar surface area (TPSA) is 76.0 Å². The van der Waals surface area contributed by atoms with Crippen molar-refractivity contribution in [3.8, 4) is 0 Å². The van der Waals surface area contributed by atoms with Gasteiger partial charge in [0.05, 0.1) is 10.6 Å². The van der Waals surface area contributed by atoms with E-state index in [1.54, 1.807) is 18.2 Å². The summed E-state index contributed by atoms with van der Waals surface area (Å²) in [5.41, 5.74) is 3.97. The monoisotopic (exact) mass is 334 g/mol. The molecule has 25 heavy (non-hydrogen) atoms. The largest absolute Gasteiger partial charge is 0.355 e. The van der Waals surface area contributed by atoms with Gasteiger partial charge in [0.25, 0.3) is 5.69 Å². The molecule has 1 aromatic heterocycles. The fraction of sp³-hybridized carbons (Fsp3) is 0.150. The highest BCUT2D eigenvalue weighted by Crippen LogP contribution is 2.26. The number of nitrogens with one attached hydrogen (secondary N) is 1. The first-order valence-corrected chi connectivity index (χ1v) is 8.00. The molecule has 0 saturated heterocycles. The van der Waals surface area contributed by atoms with Crippen LogP contribution >= 0.6 is 0 Å². The van der Waals surface area contributed by atoms with E-state index in [0.29, 0.717) is 11.3 Å². The molecule has 0 spiro atoms. The van der Waals surface area contributed by atoms with E-state index in [2.05, 4.69) is 4.98 Å². The minimum atomic E-state index is -0.405. The predicted octanol–water partition coefficient (Wildman–Crippen LogP) is 4.61. The van der Waals surface area contributed by atoms with Crippen LogP contribution in [-0.2, 0) is 0 Å². The van der Waals surface area contributed by atoms with Crippen molar-refractivity contribution in [3.63, 3.8) is 0 Å². The van der Waals surface area contributed by atoms with Gasteiger partial charge in [-0.25, -0.2) is 0 Å². The van der Waals surface area contributed by atoms with E-state index in [9.17, 15) is 14.9 Å². The van der Waals surface area contributed by atoms with Gasteiger partial charge in [0, 0.05) is 29.3 Å². The first kappa shape index (κ1) is 16.6. The van der Waals surface area contributed by atoms with Crippen molar-refractivity contribution in [2.45, 2.75) is 19.8 Å². The smallest absolute Gasteiger partial charge is 0.269 e. The van der Waals surface area contributed by atoms with Gasteiger partial charge in [-0.2, -0.15) is 0 Å². The number of aromatic nitrogens is 1. The van der Waals surface area contributed by atoms with Crippen molar-refractivity contribution < 1.29 is 9.72 Å². The molecule has 0 bridgehead atoms. The lowest BCUT2D eigenvalue weighted by atomic mass is 9.98. The van der Waals surface area contributed by atoms with Crippen molar-refractivity contribution in [2.75, 3.05) is 0 Å². The molecule has 2 aromatic carbocycles. The minimum Gasteiger partial charge on any atom is -0.355 e. The van der Waals surface area contributed by atoms with E-state index < -0.39 is 4.92 Å². The molecule has 1 N–H and O–H groups in total. The summed E-state index contributed by atoms with van der Waals surface area (Å²) in [5.74, 6) is -0.156. The lowest BCUT2D eigenvalue weighted by Crippen LogP contribution is -2.03. The molecule has 3 aromatic rings. The van der Waals surface area contributed by atoms with Crippen LogP contribution in [-0.4, -0.2) is 15.7 Å². The van der Waals surface area contributed by atoms with Crippen LogP contribution in [0.5, 0.6) is 0 Å². The number of nitrogens with zero attached hydrogens (tertiary/aromatic N) is 1. The molecule has 5 nitrogen and oxygen atoms in total. The van der Waals surface area contributed by atoms with E-state index in [0.717, 1.165) is 16.8 Å². The van der Waals surface area contributed by atoms with Gasteiger partial charge in [-0.15, -0.1) is 0 Å². The van der Waals surface area contributed by atoms with Gasteiger partial charge < -0.3 is 4.98 Å². The Labute approximate surface area is 145 Å². The molecule has 1 heterocycles.